The number of amidine groups is 1. The van der Waals surface area contributed by atoms with E-state index in [-0.39, 0.29) is 17.4 Å². The Hall–Kier alpha value is -3.44. The first-order chi connectivity index (χ1) is 16.5. The van der Waals surface area contributed by atoms with E-state index in [2.05, 4.69) is 15.9 Å². The summed E-state index contributed by atoms with van der Waals surface area (Å²) in [5.74, 6) is -0.183. The molecule has 0 spiro atoms. The van der Waals surface area contributed by atoms with Gasteiger partial charge in [-0.15, -0.1) is 0 Å². The number of aryl methyl sites for hydroxylation is 1. The van der Waals surface area contributed by atoms with Crippen molar-refractivity contribution in [3.63, 3.8) is 0 Å². The summed E-state index contributed by atoms with van der Waals surface area (Å²) in [5, 5.41) is 20.9. The van der Waals surface area contributed by atoms with Gasteiger partial charge in [0.25, 0.3) is 0 Å². The molecule has 3 aromatic carbocycles. The average molecular weight is 513 g/mol. The molecule has 1 atom stereocenters. The van der Waals surface area contributed by atoms with Gasteiger partial charge in [-0.05, 0) is 49.6 Å². The summed E-state index contributed by atoms with van der Waals surface area (Å²) in [5.41, 5.74) is 5.42. The number of nitrogens with one attached hydrogen (secondary N) is 1. The van der Waals surface area contributed by atoms with E-state index in [1.807, 2.05) is 90.7 Å². The molecule has 2 N–H and O–H groups in total. The van der Waals surface area contributed by atoms with Gasteiger partial charge in [-0.1, -0.05) is 76.1 Å². The van der Waals surface area contributed by atoms with Gasteiger partial charge in [-0.25, -0.2) is 0 Å². The van der Waals surface area contributed by atoms with Crippen molar-refractivity contribution in [2.75, 3.05) is 4.90 Å². The molecule has 0 radical (unpaired) electrons. The van der Waals surface area contributed by atoms with Crippen LogP contribution in [0.5, 0.6) is 0 Å². The van der Waals surface area contributed by atoms with Crippen molar-refractivity contribution in [2.45, 2.75) is 32.1 Å². The number of carbonyl (C=O) groups excluding carboxylic acids is 1. The molecule has 0 saturated carbocycles. The van der Waals surface area contributed by atoms with Crippen LogP contribution < -0.4 is 4.90 Å². The highest BCUT2D eigenvalue weighted by Crippen LogP contribution is 2.47. The molecule has 0 fully saturated rings. The van der Waals surface area contributed by atoms with Crippen LogP contribution in [0.4, 0.5) is 5.69 Å². The Morgan fingerprint density at radius 1 is 0.971 bits per heavy atom. The summed E-state index contributed by atoms with van der Waals surface area (Å²) in [7, 11) is 0. The lowest BCUT2D eigenvalue weighted by molar-refractivity contribution is -0.116. The fourth-order valence-corrected chi connectivity index (χ4v) is 5.18. The smallest absolute Gasteiger partial charge is 0.161 e. The minimum absolute atomic E-state index is 0.0332. The van der Waals surface area contributed by atoms with Crippen LogP contribution in [-0.4, -0.2) is 16.7 Å². The minimum atomic E-state index is -0.496. The van der Waals surface area contributed by atoms with E-state index in [0.717, 1.165) is 33.4 Å². The van der Waals surface area contributed by atoms with E-state index in [9.17, 15) is 15.3 Å². The molecule has 5 rings (SSSR count). The number of carbonyl (C=O) groups is 1. The molecule has 0 bridgehead atoms. The van der Waals surface area contributed by atoms with E-state index in [1.165, 1.54) is 0 Å². The number of Topliss-reactive ketones (excluding diaryl/α,β-unsaturated/α-hetero) is 1. The Balaban J connectivity index is 1.81. The first-order valence-electron chi connectivity index (χ1n) is 11.4. The van der Waals surface area contributed by atoms with E-state index >= 15 is 0 Å². The second-order valence-electron chi connectivity index (χ2n) is 8.77. The number of nitrogens with zero attached hydrogens (tertiary/aromatic N) is 1. The zero-order chi connectivity index (χ0) is 23.8. The second-order valence-corrected chi connectivity index (χ2v) is 9.69. The predicted molar refractivity (Wildman–Crippen MR) is 140 cm³/mol. The lowest BCUT2D eigenvalue weighted by Gasteiger charge is -2.41. The lowest BCUT2D eigenvalue weighted by Crippen LogP contribution is -2.42. The molecule has 0 saturated heterocycles. The Bertz CT molecular complexity index is 1320. The van der Waals surface area contributed by atoms with Gasteiger partial charge in [0.1, 0.15) is 11.6 Å². The highest BCUT2D eigenvalue weighted by Gasteiger charge is 2.43. The molecule has 0 aromatic heterocycles. The first-order valence-corrected chi connectivity index (χ1v) is 12.2. The maximum atomic E-state index is 13.4. The molecule has 3 aromatic rings. The largest absolute Gasteiger partial charge is 0.507 e. The number of hydrogen-bond acceptors (Lipinski definition) is 3. The first kappa shape index (κ1) is 22.4. The van der Waals surface area contributed by atoms with Crippen molar-refractivity contribution in [2.24, 2.45) is 0 Å². The Kier molecular flexibility index (Phi) is 5.96. The van der Waals surface area contributed by atoms with Crippen LogP contribution in [0, 0.1) is 12.3 Å². The van der Waals surface area contributed by atoms with Crippen LogP contribution in [0.1, 0.15) is 41.9 Å². The average Bonchev–Trinajstić information content (AvgIpc) is 2.85. The second kappa shape index (κ2) is 9.07. The van der Waals surface area contributed by atoms with Crippen molar-refractivity contribution >= 4 is 39.0 Å². The van der Waals surface area contributed by atoms with Crippen LogP contribution >= 0.6 is 15.9 Å². The highest BCUT2D eigenvalue weighted by molar-refractivity contribution is 9.10. The van der Waals surface area contributed by atoms with Crippen molar-refractivity contribution in [1.29, 1.82) is 5.41 Å². The summed E-state index contributed by atoms with van der Waals surface area (Å²) < 4.78 is 0.939. The van der Waals surface area contributed by atoms with Crippen molar-refractivity contribution < 1.29 is 9.90 Å². The lowest BCUT2D eigenvalue weighted by atomic mass is 9.73. The number of ketones is 1. The summed E-state index contributed by atoms with van der Waals surface area (Å²) in [6.45, 7) is 2.00. The highest BCUT2D eigenvalue weighted by atomic mass is 79.9. The topological polar surface area (TPSA) is 64.4 Å². The summed E-state index contributed by atoms with van der Waals surface area (Å²) in [6, 6.07) is 25.1. The van der Waals surface area contributed by atoms with Crippen molar-refractivity contribution in [1.82, 2.24) is 0 Å². The number of anilines is 1. The molecule has 1 aliphatic carbocycles. The Morgan fingerprint density at radius 2 is 1.65 bits per heavy atom. The van der Waals surface area contributed by atoms with Gasteiger partial charge in [0.05, 0.1) is 0 Å². The van der Waals surface area contributed by atoms with E-state index in [0.29, 0.717) is 29.6 Å². The molecule has 1 heterocycles. The number of aliphatic hydroxyl groups is 1. The predicted octanol–water partition coefficient (Wildman–Crippen LogP) is 7.31. The standard InChI is InChI=1S/C29H25BrN2O2/c1-18-10-12-20(13-11-18)28(34)27-25(19-6-3-2-4-7-19)26-23(8-5-9-24(26)33)32(29(27)31)22-16-14-21(30)15-17-22/h2-4,6-7,10-17,25,31,34H,5,8-9H2,1H3/b28-27+,31-29?/t25-/m0/s1. The van der Waals surface area contributed by atoms with E-state index in [1.54, 1.807) is 0 Å². The molecule has 2 aliphatic rings. The van der Waals surface area contributed by atoms with Crippen LogP contribution in [0.25, 0.3) is 5.76 Å². The third kappa shape index (κ3) is 3.90. The van der Waals surface area contributed by atoms with E-state index < -0.39 is 5.92 Å². The zero-order valence-corrected chi connectivity index (χ0v) is 20.5. The van der Waals surface area contributed by atoms with E-state index in [4.69, 9.17) is 0 Å². The van der Waals surface area contributed by atoms with Gasteiger partial charge in [-0.3, -0.25) is 15.1 Å². The van der Waals surface area contributed by atoms with Crippen LogP contribution in [0.3, 0.4) is 0 Å². The number of benzene rings is 3. The summed E-state index contributed by atoms with van der Waals surface area (Å²) >= 11 is 3.49. The summed E-state index contributed by atoms with van der Waals surface area (Å²) in [6.07, 6.45) is 1.94. The molecule has 170 valence electrons. The Morgan fingerprint density at radius 3 is 2.32 bits per heavy atom. The maximum Gasteiger partial charge on any atom is 0.161 e. The van der Waals surface area contributed by atoms with Gasteiger partial charge in [0.15, 0.2) is 5.78 Å². The van der Waals surface area contributed by atoms with Gasteiger partial charge in [0.2, 0.25) is 0 Å². The number of hydrogen-bond donors (Lipinski definition) is 2. The molecule has 34 heavy (non-hydrogen) atoms. The quantitative estimate of drug-likeness (QED) is 0.361. The fourth-order valence-electron chi connectivity index (χ4n) is 4.91. The van der Waals surface area contributed by atoms with Crippen LogP contribution in [0.15, 0.2) is 100 Å². The summed E-state index contributed by atoms with van der Waals surface area (Å²) in [4.78, 5) is 15.3. The normalized spacial score (nSPS) is 19.8. The molecular formula is C29H25BrN2O2. The third-order valence-electron chi connectivity index (χ3n) is 6.55. The van der Waals surface area contributed by atoms with Gasteiger partial charge < -0.3 is 5.11 Å². The molecule has 1 aliphatic heterocycles. The van der Waals surface area contributed by atoms with Crippen molar-refractivity contribution in [3.8, 4) is 0 Å². The molecule has 0 unspecified atom stereocenters. The third-order valence-corrected chi connectivity index (χ3v) is 7.08. The molecular weight excluding hydrogens is 488 g/mol. The molecule has 5 heteroatoms. The van der Waals surface area contributed by atoms with Crippen LogP contribution in [-0.2, 0) is 4.79 Å². The monoisotopic (exact) mass is 512 g/mol. The number of allylic oxidation sites excluding steroid dienone is 2. The molecule has 0 amide bonds. The maximum absolute atomic E-state index is 13.4. The van der Waals surface area contributed by atoms with Gasteiger partial charge >= 0.3 is 0 Å². The van der Waals surface area contributed by atoms with Crippen molar-refractivity contribution in [3.05, 3.63) is 117 Å². The number of rotatable bonds is 3. The minimum Gasteiger partial charge on any atom is -0.507 e. The number of halogens is 1. The number of aliphatic hydroxyl groups excluding tert-OH is 1. The van der Waals surface area contributed by atoms with Gasteiger partial charge in [0, 0.05) is 44.9 Å². The fraction of sp³-hybridized carbons (Fsp3) is 0.172. The Labute approximate surface area is 207 Å². The van der Waals surface area contributed by atoms with Crippen LogP contribution in [0.2, 0.25) is 0 Å². The SMILES string of the molecule is Cc1ccc(/C(O)=C2\C(=N)N(c3ccc(Br)cc3)C3=C(C(=O)CCC3)[C@@H]2c2ccccc2)cc1. The molecule has 4 nitrogen and oxygen atoms in total. The zero-order valence-electron chi connectivity index (χ0n) is 18.9. The van der Waals surface area contributed by atoms with Gasteiger partial charge in [-0.2, -0.15) is 0 Å².